The molecule has 0 spiro atoms. The second-order valence-electron chi connectivity index (χ2n) is 7.80. The molecule has 0 aliphatic carbocycles. The number of piperazine rings is 1. The Bertz CT molecular complexity index is 1200. The number of nitrogens with one attached hydrogen (secondary N) is 1. The molecule has 0 radical (unpaired) electrons. The molecule has 1 saturated heterocycles. The van der Waals surface area contributed by atoms with Gasteiger partial charge in [0.1, 0.15) is 5.82 Å². The first kappa shape index (κ1) is 21.8. The van der Waals surface area contributed by atoms with Gasteiger partial charge in [-0.3, -0.25) is 4.79 Å². The van der Waals surface area contributed by atoms with Crippen molar-refractivity contribution < 1.29 is 9.21 Å². The van der Waals surface area contributed by atoms with Crippen molar-refractivity contribution in [1.82, 2.24) is 25.1 Å². The Balaban J connectivity index is 1.07. The Labute approximate surface area is 200 Å². The zero-order chi connectivity index (χ0) is 22.6. The number of fused-ring (bicyclic) bond motifs is 1. The van der Waals surface area contributed by atoms with Crippen LogP contribution in [-0.2, 0) is 17.6 Å². The summed E-state index contributed by atoms with van der Waals surface area (Å²) in [4.78, 5) is 24.6. The van der Waals surface area contributed by atoms with Crippen molar-refractivity contribution in [1.29, 1.82) is 0 Å². The molecule has 0 atom stereocenters. The Kier molecular flexibility index (Phi) is 6.50. The van der Waals surface area contributed by atoms with Crippen molar-refractivity contribution in [2.45, 2.75) is 18.1 Å². The standard InChI is InChI=1S/C23H23ClN6O2S/c24-16-5-7-17(8-6-16)29-11-13-30(14-12-29)22(31)15-33-23-28-27-21(32-23)10-9-20-25-18-3-1-2-4-19(18)26-20/h1-8H,9-15H2,(H,25,26). The van der Waals surface area contributed by atoms with Crippen LogP contribution in [0.4, 0.5) is 5.69 Å². The molecule has 0 bridgehead atoms. The van der Waals surface area contributed by atoms with Gasteiger partial charge in [-0.15, -0.1) is 10.2 Å². The molecule has 1 N–H and O–H groups in total. The number of hydrogen-bond donors (Lipinski definition) is 1. The van der Waals surface area contributed by atoms with Gasteiger partial charge in [0.05, 0.1) is 16.8 Å². The molecular weight excluding hydrogens is 460 g/mol. The van der Waals surface area contributed by atoms with Gasteiger partial charge in [-0.1, -0.05) is 35.5 Å². The van der Waals surface area contributed by atoms with Crippen LogP contribution < -0.4 is 4.90 Å². The van der Waals surface area contributed by atoms with Crippen molar-refractivity contribution >= 4 is 46.0 Å². The fourth-order valence-electron chi connectivity index (χ4n) is 3.83. The lowest BCUT2D eigenvalue weighted by molar-refractivity contribution is -0.128. The lowest BCUT2D eigenvalue weighted by atomic mass is 10.2. The maximum absolute atomic E-state index is 12.6. The number of hydrogen-bond acceptors (Lipinski definition) is 7. The molecule has 1 aliphatic rings. The molecule has 10 heteroatoms. The number of aromatic nitrogens is 4. The molecule has 2 aromatic carbocycles. The molecule has 5 rings (SSSR count). The maximum Gasteiger partial charge on any atom is 0.277 e. The number of imidazole rings is 1. The number of halogens is 1. The average Bonchev–Trinajstić information content (AvgIpc) is 3.48. The number of anilines is 1. The summed E-state index contributed by atoms with van der Waals surface area (Å²) in [6.45, 7) is 2.97. The number of aromatic amines is 1. The van der Waals surface area contributed by atoms with E-state index < -0.39 is 0 Å². The number of carbonyl (C=O) groups excluding carboxylic acids is 1. The number of para-hydroxylation sites is 2. The van der Waals surface area contributed by atoms with E-state index in [1.165, 1.54) is 11.8 Å². The second kappa shape index (κ2) is 9.84. The first-order valence-corrected chi connectivity index (χ1v) is 12.2. The molecular formula is C23H23ClN6O2S. The summed E-state index contributed by atoms with van der Waals surface area (Å²) in [5, 5.41) is 9.32. The van der Waals surface area contributed by atoms with E-state index in [-0.39, 0.29) is 11.7 Å². The van der Waals surface area contributed by atoms with Crippen molar-refractivity contribution in [3.05, 3.63) is 65.3 Å². The molecule has 8 nitrogen and oxygen atoms in total. The van der Waals surface area contributed by atoms with E-state index in [0.29, 0.717) is 37.0 Å². The van der Waals surface area contributed by atoms with Crippen molar-refractivity contribution in [2.75, 3.05) is 36.8 Å². The lowest BCUT2D eigenvalue weighted by Crippen LogP contribution is -2.49. The third kappa shape index (κ3) is 5.31. The zero-order valence-electron chi connectivity index (χ0n) is 17.9. The number of carbonyl (C=O) groups is 1. The molecule has 3 heterocycles. The number of benzene rings is 2. The van der Waals surface area contributed by atoms with Gasteiger partial charge in [0, 0.05) is 49.7 Å². The fraction of sp³-hybridized carbons (Fsp3) is 0.304. The summed E-state index contributed by atoms with van der Waals surface area (Å²) in [6, 6.07) is 15.7. The van der Waals surface area contributed by atoms with Gasteiger partial charge >= 0.3 is 0 Å². The first-order valence-electron chi connectivity index (χ1n) is 10.8. The third-order valence-electron chi connectivity index (χ3n) is 5.61. The van der Waals surface area contributed by atoms with Crippen LogP contribution >= 0.6 is 23.4 Å². The Morgan fingerprint density at radius 2 is 1.82 bits per heavy atom. The monoisotopic (exact) mass is 482 g/mol. The minimum absolute atomic E-state index is 0.0813. The van der Waals surface area contributed by atoms with Gasteiger partial charge in [-0.2, -0.15) is 0 Å². The molecule has 0 saturated carbocycles. The van der Waals surface area contributed by atoms with E-state index in [1.807, 2.05) is 53.4 Å². The second-order valence-corrected chi connectivity index (χ2v) is 9.16. The molecule has 1 fully saturated rings. The smallest absolute Gasteiger partial charge is 0.277 e. The molecule has 1 aliphatic heterocycles. The Morgan fingerprint density at radius 3 is 2.61 bits per heavy atom. The van der Waals surface area contributed by atoms with Crippen molar-refractivity contribution in [3.8, 4) is 0 Å². The number of thioether (sulfide) groups is 1. The summed E-state index contributed by atoms with van der Waals surface area (Å²) < 4.78 is 5.71. The quantitative estimate of drug-likeness (QED) is 0.400. The highest BCUT2D eigenvalue weighted by Crippen LogP contribution is 2.21. The van der Waals surface area contributed by atoms with Gasteiger partial charge in [-0.25, -0.2) is 4.98 Å². The molecule has 1 amide bonds. The molecule has 170 valence electrons. The summed E-state index contributed by atoms with van der Waals surface area (Å²) >= 11 is 7.25. The van der Waals surface area contributed by atoms with Gasteiger partial charge < -0.3 is 19.2 Å². The van der Waals surface area contributed by atoms with Gasteiger partial charge in [0.15, 0.2) is 0 Å². The first-order chi connectivity index (χ1) is 16.1. The Hall–Kier alpha value is -3.04. The molecule has 0 unspecified atom stereocenters. The summed E-state index contributed by atoms with van der Waals surface area (Å²) in [5.41, 5.74) is 3.09. The van der Waals surface area contributed by atoms with Crippen LogP contribution in [0, 0.1) is 0 Å². The van der Waals surface area contributed by atoms with E-state index in [4.69, 9.17) is 16.0 Å². The summed E-state index contributed by atoms with van der Waals surface area (Å²) in [7, 11) is 0. The van der Waals surface area contributed by atoms with Crippen molar-refractivity contribution in [3.63, 3.8) is 0 Å². The van der Waals surface area contributed by atoms with E-state index in [2.05, 4.69) is 25.1 Å². The summed E-state index contributed by atoms with van der Waals surface area (Å²) in [6.07, 6.45) is 1.27. The van der Waals surface area contributed by atoms with Crippen LogP contribution in [-0.4, -0.2) is 62.9 Å². The molecule has 33 heavy (non-hydrogen) atoms. The number of aryl methyl sites for hydroxylation is 2. The van der Waals surface area contributed by atoms with E-state index in [1.54, 1.807) is 0 Å². The van der Waals surface area contributed by atoms with E-state index >= 15 is 0 Å². The van der Waals surface area contributed by atoms with Crippen molar-refractivity contribution in [2.24, 2.45) is 0 Å². The van der Waals surface area contributed by atoms with E-state index in [9.17, 15) is 4.79 Å². The summed E-state index contributed by atoms with van der Waals surface area (Å²) in [5.74, 6) is 1.79. The number of nitrogens with zero attached hydrogens (tertiary/aromatic N) is 5. The number of rotatable bonds is 7. The highest BCUT2D eigenvalue weighted by atomic mass is 35.5. The van der Waals surface area contributed by atoms with Gasteiger partial charge in [0.25, 0.3) is 5.22 Å². The molecule has 2 aromatic heterocycles. The highest BCUT2D eigenvalue weighted by Gasteiger charge is 2.22. The van der Waals surface area contributed by atoms with Crippen LogP contribution in [0.2, 0.25) is 5.02 Å². The zero-order valence-corrected chi connectivity index (χ0v) is 19.5. The van der Waals surface area contributed by atoms with Crippen LogP contribution in [0.3, 0.4) is 0 Å². The van der Waals surface area contributed by atoms with Crippen LogP contribution in [0.15, 0.2) is 58.2 Å². The fourth-order valence-corrected chi connectivity index (χ4v) is 4.64. The van der Waals surface area contributed by atoms with Crippen LogP contribution in [0.5, 0.6) is 0 Å². The third-order valence-corrected chi connectivity index (χ3v) is 6.66. The van der Waals surface area contributed by atoms with Gasteiger partial charge in [0.2, 0.25) is 11.8 Å². The number of H-pyrrole nitrogens is 1. The largest absolute Gasteiger partial charge is 0.416 e. The highest BCUT2D eigenvalue weighted by molar-refractivity contribution is 7.99. The maximum atomic E-state index is 12.6. The van der Waals surface area contributed by atoms with Crippen LogP contribution in [0.1, 0.15) is 11.7 Å². The van der Waals surface area contributed by atoms with Gasteiger partial charge in [-0.05, 0) is 36.4 Å². The Morgan fingerprint density at radius 1 is 1.03 bits per heavy atom. The minimum atomic E-state index is 0.0813. The minimum Gasteiger partial charge on any atom is -0.416 e. The normalized spacial score (nSPS) is 14.2. The topological polar surface area (TPSA) is 91.1 Å². The lowest BCUT2D eigenvalue weighted by Gasteiger charge is -2.36. The number of amides is 1. The predicted molar refractivity (Wildman–Crippen MR) is 129 cm³/mol. The average molecular weight is 483 g/mol. The van der Waals surface area contributed by atoms with Crippen LogP contribution in [0.25, 0.3) is 11.0 Å². The predicted octanol–water partition coefficient (Wildman–Crippen LogP) is 3.83. The SMILES string of the molecule is O=C(CSc1nnc(CCc2nc3ccccc3[nH]2)o1)N1CCN(c2ccc(Cl)cc2)CC1. The van der Waals surface area contributed by atoms with E-state index in [0.717, 1.165) is 40.7 Å². The molecule has 4 aromatic rings.